The van der Waals surface area contributed by atoms with E-state index in [1.165, 1.54) is 0 Å². The van der Waals surface area contributed by atoms with Gasteiger partial charge in [-0.15, -0.1) is 0 Å². The van der Waals surface area contributed by atoms with Gasteiger partial charge in [0.2, 0.25) is 0 Å². The van der Waals surface area contributed by atoms with E-state index in [0.29, 0.717) is 46.8 Å². The summed E-state index contributed by atoms with van der Waals surface area (Å²) in [6.07, 6.45) is 0. The lowest BCUT2D eigenvalue weighted by Crippen LogP contribution is -2.07. The predicted octanol–water partition coefficient (Wildman–Crippen LogP) is 5.15. The minimum atomic E-state index is -0.486. The highest BCUT2D eigenvalue weighted by molar-refractivity contribution is 6.30. The maximum absolute atomic E-state index is 12.4. The Kier molecular flexibility index (Phi) is 6.55. The number of ether oxygens (including phenoxy) is 3. The van der Waals surface area contributed by atoms with E-state index in [1.54, 1.807) is 36.4 Å². The van der Waals surface area contributed by atoms with Crippen LogP contribution in [0.1, 0.15) is 29.9 Å². The fraction of sp³-hybridized carbons (Fsp3) is 0.238. The van der Waals surface area contributed by atoms with Crippen molar-refractivity contribution in [3.63, 3.8) is 0 Å². The van der Waals surface area contributed by atoms with E-state index in [4.69, 9.17) is 30.3 Å². The Labute approximate surface area is 168 Å². The topological polar surface area (TPSA) is 70.8 Å². The largest absolute Gasteiger partial charge is 0.490 e. The number of nitrogens with zero attached hydrogens (tertiary/aromatic N) is 1. The van der Waals surface area contributed by atoms with E-state index in [0.717, 1.165) is 5.56 Å². The molecule has 28 heavy (non-hydrogen) atoms. The number of rotatable bonds is 8. The number of hydrogen-bond acceptors (Lipinski definition) is 6. The molecule has 0 aliphatic carbocycles. The van der Waals surface area contributed by atoms with E-state index < -0.39 is 5.97 Å². The first-order valence-electron chi connectivity index (χ1n) is 8.89. The molecular weight excluding hydrogens is 382 g/mol. The quantitative estimate of drug-likeness (QED) is 0.486. The Morgan fingerprint density at radius 1 is 1.00 bits per heavy atom. The van der Waals surface area contributed by atoms with Crippen molar-refractivity contribution in [2.24, 2.45) is 0 Å². The van der Waals surface area contributed by atoms with Crippen LogP contribution in [-0.2, 0) is 11.3 Å². The minimum Gasteiger partial charge on any atom is -0.490 e. The Balaban J connectivity index is 1.65. The van der Waals surface area contributed by atoms with Crippen LogP contribution in [0.5, 0.6) is 11.5 Å². The Morgan fingerprint density at radius 3 is 2.43 bits per heavy atom. The molecule has 0 saturated carbocycles. The molecule has 3 rings (SSSR count). The molecule has 0 amide bonds. The van der Waals surface area contributed by atoms with Gasteiger partial charge in [0.05, 0.1) is 18.8 Å². The summed E-state index contributed by atoms with van der Waals surface area (Å²) in [7, 11) is 0. The maximum atomic E-state index is 12.4. The zero-order chi connectivity index (χ0) is 19.9. The molecule has 1 aromatic heterocycles. The predicted molar refractivity (Wildman–Crippen MR) is 105 cm³/mol. The normalized spacial score (nSPS) is 10.5. The average molecular weight is 402 g/mol. The molecule has 6 nitrogen and oxygen atoms in total. The van der Waals surface area contributed by atoms with Crippen molar-refractivity contribution in [1.29, 1.82) is 0 Å². The molecule has 0 aliphatic rings. The molecule has 2 aromatic carbocycles. The van der Waals surface area contributed by atoms with Crippen LogP contribution >= 0.6 is 11.6 Å². The van der Waals surface area contributed by atoms with Gasteiger partial charge in [-0.05, 0) is 56.3 Å². The molecule has 3 aromatic rings. The number of aromatic nitrogens is 1. The highest BCUT2D eigenvalue weighted by Gasteiger charge is 2.14. The standard InChI is InChI=1S/C21H20ClNO5/c1-3-25-18-10-7-15(11-20(18)26-4-2)21(24)27-13-17-12-19(28-23-17)14-5-8-16(22)9-6-14/h5-12H,3-4,13H2,1-2H3. The Morgan fingerprint density at radius 2 is 1.71 bits per heavy atom. The summed E-state index contributed by atoms with van der Waals surface area (Å²) < 4.78 is 21.7. The van der Waals surface area contributed by atoms with Crippen LogP contribution in [0.4, 0.5) is 0 Å². The number of hydrogen-bond donors (Lipinski definition) is 0. The third-order valence-electron chi connectivity index (χ3n) is 3.82. The van der Waals surface area contributed by atoms with Gasteiger partial charge >= 0.3 is 5.97 Å². The first kappa shape index (κ1) is 19.8. The molecule has 0 bridgehead atoms. The lowest BCUT2D eigenvalue weighted by atomic mass is 10.1. The summed E-state index contributed by atoms with van der Waals surface area (Å²) >= 11 is 5.88. The van der Waals surface area contributed by atoms with Gasteiger partial charge in [-0.2, -0.15) is 0 Å². The zero-order valence-corrected chi connectivity index (χ0v) is 16.4. The molecule has 0 unspecified atom stereocenters. The van der Waals surface area contributed by atoms with Gasteiger partial charge < -0.3 is 18.7 Å². The molecule has 0 radical (unpaired) electrons. The van der Waals surface area contributed by atoms with Gasteiger partial charge in [0.1, 0.15) is 12.3 Å². The second kappa shape index (κ2) is 9.28. The molecule has 1 heterocycles. The summed E-state index contributed by atoms with van der Waals surface area (Å²) in [5.41, 5.74) is 1.71. The van der Waals surface area contributed by atoms with Gasteiger partial charge in [-0.3, -0.25) is 0 Å². The van der Waals surface area contributed by atoms with Crippen molar-refractivity contribution in [1.82, 2.24) is 5.16 Å². The van der Waals surface area contributed by atoms with Gasteiger partial charge in [0.15, 0.2) is 17.3 Å². The number of esters is 1. The number of halogens is 1. The van der Waals surface area contributed by atoms with E-state index in [9.17, 15) is 4.79 Å². The number of carbonyl (C=O) groups is 1. The highest BCUT2D eigenvalue weighted by Crippen LogP contribution is 2.29. The molecule has 7 heteroatoms. The van der Waals surface area contributed by atoms with Crippen molar-refractivity contribution in [3.05, 3.63) is 64.8 Å². The van der Waals surface area contributed by atoms with E-state index in [1.807, 2.05) is 26.0 Å². The molecule has 0 N–H and O–H groups in total. The molecular formula is C21H20ClNO5. The second-order valence-corrected chi connectivity index (χ2v) is 6.23. The van der Waals surface area contributed by atoms with Crippen LogP contribution in [-0.4, -0.2) is 24.3 Å². The van der Waals surface area contributed by atoms with Crippen molar-refractivity contribution in [3.8, 4) is 22.8 Å². The fourth-order valence-electron chi connectivity index (χ4n) is 2.53. The Bertz CT molecular complexity index is 936. The fourth-order valence-corrected chi connectivity index (χ4v) is 2.66. The first-order valence-corrected chi connectivity index (χ1v) is 9.26. The van der Waals surface area contributed by atoms with Crippen LogP contribution in [0.3, 0.4) is 0 Å². The van der Waals surface area contributed by atoms with Gasteiger partial charge in [0, 0.05) is 16.7 Å². The van der Waals surface area contributed by atoms with Gasteiger partial charge in [-0.1, -0.05) is 16.8 Å². The van der Waals surface area contributed by atoms with Crippen molar-refractivity contribution >= 4 is 17.6 Å². The van der Waals surface area contributed by atoms with E-state index in [2.05, 4.69) is 5.16 Å². The highest BCUT2D eigenvalue weighted by atomic mass is 35.5. The number of carbonyl (C=O) groups excluding carboxylic acids is 1. The van der Waals surface area contributed by atoms with Crippen molar-refractivity contribution in [2.75, 3.05) is 13.2 Å². The summed E-state index contributed by atoms with van der Waals surface area (Å²) in [5, 5.41) is 4.57. The third-order valence-corrected chi connectivity index (χ3v) is 4.07. The molecule has 146 valence electrons. The lowest BCUT2D eigenvalue weighted by molar-refractivity contribution is 0.0463. The van der Waals surface area contributed by atoms with Crippen LogP contribution in [0.2, 0.25) is 5.02 Å². The summed E-state index contributed by atoms with van der Waals surface area (Å²) in [4.78, 5) is 12.4. The smallest absolute Gasteiger partial charge is 0.338 e. The summed E-state index contributed by atoms with van der Waals surface area (Å²) in [5.74, 6) is 1.18. The van der Waals surface area contributed by atoms with Crippen molar-refractivity contribution < 1.29 is 23.5 Å². The maximum Gasteiger partial charge on any atom is 0.338 e. The Hall–Kier alpha value is -2.99. The first-order chi connectivity index (χ1) is 13.6. The van der Waals surface area contributed by atoms with Gasteiger partial charge in [-0.25, -0.2) is 4.79 Å². The summed E-state index contributed by atoms with van der Waals surface area (Å²) in [6, 6.07) is 13.8. The SMILES string of the molecule is CCOc1ccc(C(=O)OCc2cc(-c3ccc(Cl)cc3)on2)cc1OCC. The second-order valence-electron chi connectivity index (χ2n) is 5.79. The third kappa shape index (κ3) is 4.84. The van der Waals surface area contributed by atoms with E-state index in [-0.39, 0.29) is 6.61 Å². The zero-order valence-electron chi connectivity index (χ0n) is 15.6. The van der Waals surface area contributed by atoms with Crippen molar-refractivity contribution in [2.45, 2.75) is 20.5 Å². The van der Waals surface area contributed by atoms with Crippen LogP contribution in [0.25, 0.3) is 11.3 Å². The monoisotopic (exact) mass is 401 g/mol. The lowest BCUT2D eigenvalue weighted by Gasteiger charge is -2.12. The minimum absolute atomic E-state index is 0.00684. The molecule has 0 aliphatic heterocycles. The molecule has 0 spiro atoms. The van der Waals surface area contributed by atoms with Crippen LogP contribution < -0.4 is 9.47 Å². The van der Waals surface area contributed by atoms with Crippen LogP contribution in [0.15, 0.2) is 53.1 Å². The molecule has 0 atom stereocenters. The average Bonchev–Trinajstić information content (AvgIpc) is 3.17. The summed E-state index contributed by atoms with van der Waals surface area (Å²) in [6.45, 7) is 4.71. The molecule has 0 saturated heterocycles. The number of benzene rings is 2. The van der Waals surface area contributed by atoms with E-state index >= 15 is 0 Å². The van der Waals surface area contributed by atoms with Gasteiger partial charge in [0.25, 0.3) is 0 Å². The molecule has 0 fully saturated rings. The van der Waals surface area contributed by atoms with Crippen LogP contribution in [0, 0.1) is 0 Å².